The summed E-state index contributed by atoms with van der Waals surface area (Å²) in [4.78, 5) is 17.2. The number of carbonyl (C=O) groups is 1. The van der Waals surface area contributed by atoms with Crippen LogP contribution in [0.1, 0.15) is 11.1 Å². The quantitative estimate of drug-likeness (QED) is 0.294. The molecule has 3 nitrogen and oxygen atoms in total. The van der Waals surface area contributed by atoms with Gasteiger partial charge in [-0.15, -0.1) is 0 Å². The molecule has 1 N–H and O–H groups in total. The number of amides is 1. The fourth-order valence-corrected chi connectivity index (χ4v) is 8.36. The molecule has 0 fully saturated rings. The molecule has 0 atom stereocenters. The molecule has 0 unspecified atom stereocenters. The molecule has 162 valence electrons. The Balaban J connectivity index is 1.83. The number of rotatable bonds is 6. The molecule has 4 aromatic rings. The zero-order valence-electron chi connectivity index (χ0n) is 18.8. The van der Waals surface area contributed by atoms with Crippen molar-refractivity contribution < 1.29 is 4.79 Å². The average molecular weight is 450 g/mol. The number of hydrogen-bond donors (Lipinski definition) is 1. The van der Waals surface area contributed by atoms with Crippen molar-refractivity contribution in [3.63, 3.8) is 0 Å². The van der Waals surface area contributed by atoms with Crippen LogP contribution >= 0.6 is 7.26 Å². The van der Waals surface area contributed by atoms with Crippen molar-refractivity contribution in [2.45, 2.75) is 13.8 Å². The highest BCUT2D eigenvalue weighted by molar-refractivity contribution is 7.96. The van der Waals surface area contributed by atoms with Crippen LogP contribution in [0, 0.1) is 20.4 Å². The van der Waals surface area contributed by atoms with Gasteiger partial charge in [-0.2, -0.15) is 0 Å². The molecule has 0 saturated heterocycles. The van der Waals surface area contributed by atoms with E-state index in [9.17, 15) is 4.79 Å². The Morgan fingerprint density at radius 2 is 1.15 bits per heavy atom. The van der Waals surface area contributed by atoms with Crippen molar-refractivity contribution in [1.29, 1.82) is 0 Å². The summed E-state index contributed by atoms with van der Waals surface area (Å²) in [5, 5.41) is 6.71. The summed E-state index contributed by atoms with van der Waals surface area (Å²) >= 11 is 0. The Kier molecular flexibility index (Phi) is 6.68. The van der Waals surface area contributed by atoms with Gasteiger partial charge in [-0.25, -0.2) is 4.85 Å². The molecule has 0 bridgehead atoms. The second-order valence-electron chi connectivity index (χ2n) is 8.09. The van der Waals surface area contributed by atoms with Crippen molar-refractivity contribution in [2.24, 2.45) is 0 Å². The first-order chi connectivity index (χ1) is 16.0. The van der Waals surface area contributed by atoms with Gasteiger partial charge in [-0.05, 0) is 61.4 Å². The zero-order chi connectivity index (χ0) is 23.3. The predicted octanol–water partition coefficient (Wildman–Crippen LogP) is 5.79. The van der Waals surface area contributed by atoms with Gasteiger partial charge in [-0.1, -0.05) is 66.7 Å². The van der Waals surface area contributed by atoms with Crippen molar-refractivity contribution in [2.75, 3.05) is 11.5 Å². The van der Waals surface area contributed by atoms with Crippen molar-refractivity contribution in [3.05, 3.63) is 126 Å². The molecule has 1 amide bonds. The molecule has 33 heavy (non-hydrogen) atoms. The van der Waals surface area contributed by atoms with Crippen LogP contribution in [0.4, 0.5) is 11.4 Å². The molecule has 4 heteroatoms. The number of hydrogen-bond acceptors (Lipinski definition) is 1. The van der Waals surface area contributed by atoms with Gasteiger partial charge in [0.15, 0.2) is 11.8 Å². The average Bonchev–Trinajstić information content (AvgIpc) is 2.86. The standard InChI is InChI=1S/C29H25N2OP/c1-22-19-24(30-3)20-23(2)29(22)31-28(32)21-33(25-13-7-4-8-14-25,26-15-9-5-10-16-26)27-17-11-6-12-18-27/h4-20H,21H2,1-2H3/p+1. The smallest absolute Gasteiger partial charge is 0.263 e. The van der Waals surface area contributed by atoms with E-state index in [4.69, 9.17) is 6.57 Å². The minimum atomic E-state index is -2.25. The van der Waals surface area contributed by atoms with Crippen LogP contribution in [0.5, 0.6) is 0 Å². The molecule has 0 saturated carbocycles. The summed E-state index contributed by atoms with van der Waals surface area (Å²) in [5.41, 5.74) is 3.18. The summed E-state index contributed by atoms with van der Waals surface area (Å²) in [5.74, 6) is -0.0262. The molecule has 0 aliphatic heterocycles. The Morgan fingerprint density at radius 1 is 0.758 bits per heavy atom. The second-order valence-corrected chi connectivity index (χ2v) is 11.6. The van der Waals surface area contributed by atoms with Gasteiger partial charge >= 0.3 is 0 Å². The van der Waals surface area contributed by atoms with E-state index in [1.165, 1.54) is 15.9 Å². The molecule has 0 heterocycles. The highest BCUT2D eigenvalue weighted by Gasteiger charge is 2.47. The highest BCUT2D eigenvalue weighted by atomic mass is 31.2. The first-order valence-electron chi connectivity index (χ1n) is 10.9. The van der Waals surface area contributed by atoms with Gasteiger partial charge in [0.1, 0.15) is 23.2 Å². The topological polar surface area (TPSA) is 33.5 Å². The lowest BCUT2D eigenvalue weighted by molar-refractivity contribution is -0.113. The van der Waals surface area contributed by atoms with Gasteiger partial charge in [0.25, 0.3) is 5.91 Å². The Hall–Kier alpha value is -3.73. The number of carbonyl (C=O) groups excluding carboxylic acids is 1. The summed E-state index contributed by atoms with van der Waals surface area (Å²) in [6.45, 7) is 11.2. The van der Waals surface area contributed by atoms with E-state index in [2.05, 4.69) is 46.6 Å². The maximum Gasteiger partial charge on any atom is 0.263 e. The third kappa shape index (κ3) is 4.58. The first kappa shape index (κ1) is 22.5. The van der Waals surface area contributed by atoms with Crippen molar-refractivity contribution >= 4 is 40.5 Å². The SMILES string of the molecule is [C-]#[N+]c1cc(C)c(NC(=O)C[P+](c2ccccc2)(c2ccccc2)c2ccccc2)c(C)c1. The lowest BCUT2D eigenvalue weighted by Crippen LogP contribution is -2.37. The molecule has 0 radical (unpaired) electrons. The molecule has 4 aromatic carbocycles. The van der Waals surface area contributed by atoms with Crippen LogP contribution in [0.2, 0.25) is 0 Å². The van der Waals surface area contributed by atoms with Gasteiger partial charge in [-0.3, -0.25) is 4.79 Å². The second kappa shape index (κ2) is 9.82. The Bertz CT molecular complexity index is 1180. The Morgan fingerprint density at radius 3 is 1.52 bits per heavy atom. The van der Waals surface area contributed by atoms with Gasteiger partial charge in [0.2, 0.25) is 0 Å². The zero-order valence-corrected chi connectivity index (χ0v) is 19.7. The highest BCUT2D eigenvalue weighted by Crippen LogP contribution is 2.55. The van der Waals surface area contributed by atoms with E-state index >= 15 is 0 Å². The van der Waals surface area contributed by atoms with E-state index < -0.39 is 7.26 Å². The fourth-order valence-electron chi connectivity index (χ4n) is 4.37. The van der Waals surface area contributed by atoms with E-state index in [0.717, 1.165) is 16.8 Å². The third-order valence-electron chi connectivity index (χ3n) is 5.88. The van der Waals surface area contributed by atoms with Crippen LogP contribution in [-0.2, 0) is 4.79 Å². The van der Waals surface area contributed by atoms with Crippen molar-refractivity contribution in [3.8, 4) is 0 Å². The summed E-state index contributed by atoms with van der Waals surface area (Å²) in [6.07, 6.45) is 0.356. The molecule has 4 rings (SSSR count). The third-order valence-corrected chi connectivity index (χ3v) is 10.2. The summed E-state index contributed by atoms with van der Waals surface area (Å²) in [6, 6.07) is 34.8. The minimum absolute atomic E-state index is 0.0262. The number of benzene rings is 4. The van der Waals surface area contributed by atoms with E-state index in [-0.39, 0.29) is 5.91 Å². The fraction of sp³-hybridized carbons (Fsp3) is 0.103. The van der Waals surface area contributed by atoms with Crippen LogP contribution in [0.3, 0.4) is 0 Å². The van der Waals surface area contributed by atoms with E-state index in [0.29, 0.717) is 11.8 Å². The first-order valence-corrected chi connectivity index (χ1v) is 12.9. The van der Waals surface area contributed by atoms with E-state index in [1.54, 1.807) is 0 Å². The number of aryl methyl sites for hydroxylation is 2. The molecular formula is C29H26N2OP+. The Labute approximate surface area is 196 Å². The molecule has 0 aromatic heterocycles. The molecular weight excluding hydrogens is 423 g/mol. The lowest BCUT2D eigenvalue weighted by Gasteiger charge is -2.27. The van der Waals surface area contributed by atoms with Gasteiger partial charge < -0.3 is 5.32 Å². The van der Waals surface area contributed by atoms with Gasteiger partial charge in [0, 0.05) is 5.69 Å². The lowest BCUT2D eigenvalue weighted by atomic mass is 10.1. The number of nitrogens with one attached hydrogen (secondary N) is 1. The molecule has 0 spiro atoms. The predicted molar refractivity (Wildman–Crippen MR) is 141 cm³/mol. The molecule has 0 aliphatic carbocycles. The van der Waals surface area contributed by atoms with Crippen molar-refractivity contribution in [1.82, 2.24) is 0 Å². The van der Waals surface area contributed by atoms with Crippen LogP contribution in [-0.4, -0.2) is 12.1 Å². The monoisotopic (exact) mass is 449 g/mol. The number of anilines is 1. The normalized spacial score (nSPS) is 10.9. The number of nitrogens with zero attached hydrogens (tertiary/aromatic N) is 1. The summed E-state index contributed by atoms with van der Waals surface area (Å²) in [7, 11) is -2.25. The minimum Gasteiger partial charge on any atom is -0.323 e. The van der Waals surface area contributed by atoms with Crippen LogP contribution in [0.15, 0.2) is 103 Å². The maximum atomic E-state index is 13.7. The largest absolute Gasteiger partial charge is 0.323 e. The van der Waals surface area contributed by atoms with Gasteiger partial charge in [0.05, 0.1) is 6.57 Å². The molecule has 0 aliphatic rings. The van der Waals surface area contributed by atoms with E-state index in [1.807, 2.05) is 80.6 Å². The summed E-state index contributed by atoms with van der Waals surface area (Å²) < 4.78 is 0. The van der Waals surface area contributed by atoms with Crippen LogP contribution < -0.4 is 21.2 Å². The van der Waals surface area contributed by atoms with Crippen LogP contribution in [0.25, 0.3) is 4.85 Å². The maximum absolute atomic E-state index is 13.7.